The first kappa shape index (κ1) is 17.9. The van der Waals surface area contributed by atoms with Crippen LogP contribution in [0.2, 0.25) is 0 Å². The number of nitrogens with one attached hydrogen (secondary N) is 1. The molecule has 0 aliphatic carbocycles. The van der Waals surface area contributed by atoms with E-state index in [1.54, 1.807) is 31.4 Å². The molecule has 6 nitrogen and oxygen atoms in total. The molecule has 0 radical (unpaired) electrons. The number of ether oxygens (including phenoxy) is 1. The first-order valence-corrected chi connectivity index (χ1v) is 8.48. The molecule has 2 N–H and O–H groups in total. The molecule has 1 aromatic rings. The van der Waals surface area contributed by atoms with Gasteiger partial charge < -0.3 is 14.7 Å². The van der Waals surface area contributed by atoms with Crippen molar-refractivity contribution < 1.29 is 18.3 Å². The maximum absolute atomic E-state index is 12.0. The number of rotatable bonds is 10. The van der Waals surface area contributed by atoms with E-state index >= 15 is 0 Å². The van der Waals surface area contributed by atoms with Crippen molar-refractivity contribution in [2.75, 3.05) is 44.9 Å². The van der Waals surface area contributed by atoms with E-state index < -0.39 is 10.0 Å². The molecule has 7 heteroatoms. The molecule has 0 atom stereocenters. The van der Waals surface area contributed by atoms with E-state index in [1.807, 2.05) is 11.8 Å². The zero-order valence-electron chi connectivity index (χ0n) is 12.6. The highest BCUT2D eigenvalue weighted by molar-refractivity contribution is 7.89. The monoisotopic (exact) mass is 316 g/mol. The van der Waals surface area contributed by atoms with Gasteiger partial charge in [0.15, 0.2) is 0 Å². The van der Waals surface area contributed by atoms with Crippen molar-refractivity contribution >= 4 is 15.7 Å². The van der Waals surface area contributed by atoms with E-state index in [4.69, 9.17) is 9.84 Å². The van der Waals surface area contributed by atoms with Crippen LogP contribution in [0.1, 0.15) is 13.3 Å². The Hall–Kier alpha value is -1.15. The van der Waals surface area contributed by atoms with E-state index in [9.17, 15) is 8.42 Å². The molecule has 0 spiro atoms. The Kier molecular flexibility index (Phi) is 7.66. The summed E-state index contributed by atoms with van der Waals surface area (Å²) in [5.41, 5.74) is 0.857. The molecule has 0 amide bonds. The van der Waals surface area contributed by atoms with Gasteiger partial charge in [0.05, 0.1) is 18.1 Å². The summed E-state index contributed by atoms with van der Waals surface area (Å²) in [4.78, 5) is 2.19. The van der Waals surface area contributed by atoms with Gasteiger partial charge in [0, 0.05) is 32.4 Å². The van der Waals surface area contributed by atoms with Gasteiger partial charge in [-0.15, -0.1) is 0 Å². The lowest BCUT2D eigenvalue weighted by Gasteiger charge is -2.23. The van der Waals surface area contributed by atoms with Crippen molar-refractivity contribution in [1.82, 2.24) is 4.72 Å². The average molecular weight is 316 g/mol. The molecule has 0 saturated heterocycles. The van der Waals surface area contributed by atoms with Crippen molar-refractivity contribution in [2.24, 2.45) is 0 Å². The normalized spacial score (nSPS) is 11.6. The van der Waals surface area contributed by atoms with Gasteiger partial charge in [-0.05, 0) is 30.7 Å². The quantitative estimate of drug-likeness (QED) is 0.668. The van der Waals surface area contributed by atoms with Crippen molar-refractivity contribution in [1.29, 1.82) is 0 Å². The number of aliphatic hydroxyl groups is 1. The summed E-state index contributed by atoms with van der Waals surface area (Å²) in [6.45, 7) is 4.02. The Balaban J connectivity index is 2.84. The van der Waals surface area contributed by atoms with Crippen LogP contribution in [0.15, 0.2) is 29.2 Å². The lowest BCUT2D eigenvalue weighted by Crippen LogP contribution is -2.30. The molecule has 0 heterocycles. The van der Waals surface area contributed by atoms with Gasteiger partial charge in [-0.2, -0.15) is 0 Å². The van der Waals surface area contributed by atoms with E-state index in [2.05, 4.69) is 4.72 Å². The summed E-state index contributed by atoms with van der Waals surface area (Å²) in [6, 6.07) is 6.63. The summed E-state index contributed by atoms with van der Waals surface area (Å²) >= 11 is 0. The van der Waals surface area contributed by atoms with E-state index in [0.29, 0.717) is 26.2 Å². The number of hydrogen-bond donors (Lipinski definition) is 2. The van der Waals surface area contributed by atoms with Gasteiger partial charge >= 0.3 is 0 Å². The Morgan fingerprint density at radius 3 is 2.43 bits per heavy atom. The largest absolute Gasteiger partial charge is 0.395 e. The minimum atomic E-state index is -3.44. The molecule has 1 rings (SSSR count). The number of benzene rings is 1. The fraction of sp³-hybridized carbons (Fsp3) is 0.571. The fourth-order valence-electron chi connectivity index (χ4n) is 1.85. The Morgan fingerprint density at radius 2 is 1.90 bits per heavy atom. The van der Waals surface area contributed by atoms with Gasteiger partial charge in [-0.3, -0.25) is 0 Å². The third-order valence-electron chi connectivity index (χ3n) is 2.99. The average Bonchev–Trinajstić information content (AvgIpc) is 2.49. The predicted octanol–water partition coefficient (Wildman–Crippen LogP) is 0.820. The summed E-state index contributed by atoms with van der Waals surface area (Å²) in [5.74, 6) is 0. The number of aliphatic hydroxyl groups excluding tert-OH is 1. The first-order valence-electron chi connectivity index (χ1n) is 6.99. The molecule has 0 aliphatic rings. The van der Waals surface area contributed by atoms with Crippen LogP contribution < -0.4 is 9.62 Å². The second kappa shape index (κ2) is 8.99. The third-order valence-corrected chi connectivity index (χ3v) is 4.47. The van der Waals surface area contributed by atoms with Crippen LogP contribution in [0.25, 0.3) is 0 Å². The van der Waals surface area contributed by atoms with Crippen LogP contribution in [0.3, 0.4) is 0 Å². The standard InChI is InChI=1S/C14H24N2O4S/c1-3-8-15-21(18,19)14-6-4-13(5-7-14)16(9-11-17)10-12-20-2/h4-7,15,17H,3,8-12H2,1-2H3. The fourth-order valence-corrected chi connectivity index (χ4v) is 2.98. The Labute approximate surface area is 126 Å². The number of methoxy groups -OCH3 is 1. The zero-order chi connectivity index (χ0) is 15.7. The molecule has 120 valence electrons. The third kappa shape index (κ3) is 5.62. The highest BCUT2D eigenvalue weighted by atomic mass is 32.2. The maximum Gasteiger partial charge on any atom is 0.240 e. The zero-order valence-corrected chi connectivity index (χ0v) is 13.4. The Morgan fingerprint density at radius 1 is 1.24 bits per heavy atom. The lowest BCUT2D eigenvalue weighted by molar-refractivity contribution is 0.203. The Bertz CT molecular complexity index is 502. The predicted molar refractivity (Wildman–Crippen MR) is 83.1 cm³/mol. The minimum Gasteiger partial charge on any atom is -0.395 e. The highest BCUT2D eigenvalue weighted by Gasteiger charge is 2.13. The molecule has 0 aromatic heterocycles. The maximum atomic E-state index is 12.0. The van der Waals surface area contributed by atoms with Gasteiger partial charge in [0.2, 0.25) is 10.0 Å². The molecule has 0 fully saturated rings. The molecule has 0 unspecified atom stereocenters. The number of sulfonamides is 1. The number of anilines is 1. The van der Waals surface area contributed by atoms with Crippen molar-refractivity contribution in [2.45, 2.75) is 18.2 Å². The number of hydrogen-bond acceptors (Lipinski definition) is 5. The molecule has 0 saturated carbocycles. The molecule has 0 bridgehead atoms. The summed E-state index contributed by atoms with van der Waals surface area (Å²) in [7, 11) is -1.82. The molecule has 1 aromatic carbocycles. The summed E-state index contributed by atoms with van der Waals surface area (Å²) in [5, 5.41) is 9.09. The van der Waals surface area contributed by atoms with Crippen molar-refractivity contribution in [3.63, 3.8) is 0 Å². The van der Waals surface area contributed by atoms with E-state index in [1.165, 1.54) is 0 Å². The topological polar surface area (TPSA) is 78.9 Å². The lowest BCUT2D eigenvalue weighted by atomic mass is 10.3. The van der Waals surface area contributed by atoms with Crippen molar-refractivity contribution in [3.05, 3.63) is 24.3 Å². The second-order valence-corrected chi connectivity index (χ2v) is 6.36. The van der Waals surface area contributed by atoms with Crippen LogP contribution in [-0.2, 0) is 14.8 Å². The van der Waals surface area contributed by atoms with Crippen LogP contribution in [0.4, 0.5) is 5.69 Å². The smallest absolute Gasteiger partial charge is 0.240 e. The highest BCUT2D eigenvalue weighted by Crippen LogP contribution is 2.17. The van der Waals surface area contributed by atoms with E-state index in [0.717, 1.165) is 12.1 Å². The van der Waals surface area contributed by atoms with Crippen LogP contribution in [0, 0.1) is 0 Å². The minimum absolute atomic E-state index is 0.0296. The van der Waals surface area contributed by atoms with Crippen LogP contribution in [-0.4, -0.2) is 53.5 Å². The molecular formula is C14H24N2O4S. The van der Waals surface area contributed by atoms with Gasteiger partial charge in [-0.1, -0.05) is 6.92 Å². The van der Waals surface area contributed by atoms with E-state index in [-0.39, 0.29) is 11.5 Å². The first-order chi connectivity index (χ1) is 10.0. The van der Waals surface area contributed by atoms with Gasteiger partial charge in [0.25, 0.3) is 0 Å². The van der Waals surface area contributed by atoms with Crippen LogP contribution in [0.5, 0.6) is 0 Å². The summed E-state index contributed by atoms with van der Waals surface area (Å²) in [6.07, 6.45) is 0.749. The number of nitrogens with zero attached hydrogens (tertiary/aromatic N) is 1. The molecule has 21 heavy (non-hydrogen) atoms. The van der Waals surface area contributed by atoms with Gasteiger partial charge in [-0.25, -0.2) is 13.1 Å². The second-order valence-electron chi connectivity index (χ2n) is 4.60. The summed E-state index contributed by atoms with van der Waals surface area (Å²) < 4.78 is 31.5. The van der Waals surface area contributed by atoms with Gasteiger partial charge in [0.1, 0.15) is 0 Å². The molecular weight excluding hydrogens is 292 g/mol. The van der Waals surface area contributed by atoms with Crippen LogP contribution >= 0.6 is 0 Å². The SMILES string of the molecule is CCCNS(=O)(=O)c1ccc(N(CCO)CCOC)cc1. The van der Waals surface area contributed by atoms with Crippen molar-refractivity contribution in [3.8, 4) is 0 Å². The molecule has 0 aliphatic heterocycles.